The van der Waals surface area contributed by atoms with Gasteiger partial charge in [-0.15, -0.1) is 0 Å². The summed E-state index contributed by atoms with van der Waals surface area (Å²) in [6.07, 6.45) is 2.11. The summed E-state index contributed by atoms with van der Waals surface area (Å²) < 4.78 is 25.7. The highest BCUT2D eigenvalue weighted by Gasteiger charge is 2.23. The molecule has 1 aliphatic rings. The minimum absolute atomic E-state index is 0.0842. The molecule has 1 aromatic rings. The molecule has 0 aliphatic heterocycles. The van der Waals surface area contributed by atoms with Gasteiger partial charge in [0.15, 0.2) is 0 Å². The van der Waals surface area contributed by atoms with Crippen molar-refractivity contribution < 1.29 is 18.4 Å². The molecule has 0 unspecified atom stereocenters. The lowest BCUT2D eigenvalue weighted by atomic mass is 10.3. The maximum atomic E-state index is 12.8. The van der Waals surface area contributed by atoms with E-state index in [0.29, 0.717) is 18.5 Å². The molecule has 0 radical (unpaired) electrons. The molecule has 2 rings (SSSR count). The van der Waals surface area contributed by atoms with Crippen molar-refractivity contribution in [3.8, 4) is 0 Å². The van der Waals surface area contributed by atoms with Crippen molar-refractivity contribution in [1.29, 1.82) is 0 Å². The Labute approximate surface area is 102 Å². The van der Waals surface area contributed by atoms with E-state index in [0.717, 1.165) is 25.0 Å². The second kappa shape index (κ2) is 5.12. The summed E-state index contributed by atoms with van der Waals surface area (Å²) in [6.45, 7) is 0.462. The number of amides is 2. The highest BCUT2D eigenvalue weighted by Crippen LogP contribution is 2.27. The predicted octanol–water partition coefficient (Wildman–Crippen LogP) is 1.43. The van der Waals surface area contributed by atoms with E-state index >= 15 is 0 Å². The van der Waals surface area contributed by atoms with E-state index in [4.69, 9.17) is 0 Å². The second-order valence-electron chi connectivity index (χ2n) is 4.27. The number of carbonyl (C=O) groups excluding carboxylic acids is 2. The van der Waals surface area contributed by atoms with E-state index in [2.05, 4.69) is 10.6 Å². The van der Waals surface area contributed by atoms with Gasteiger partial charge in [0.25, 0.3) is 0 Å². The second-order valence-corrected chi connectivity index (χ2v) is 4.27. The first kappa shape index (κ1) is 12.5. The molecule has 18 heavy (non-hydrogen) atoms. The van der Waals surface area contributed by atoms with Crippen molar-refractivity contribution in [1.82, 2.24) is 5.32 Å². The zero-order chi connectivity index (χ0) is 13.1. The van der Waals surface area contributed by atoms with Gasteiger partial charge in [-0.2, -0.15) is 0 Å². The van der Waals surface area contributed by atoms with Gasteiger partial charge in [0.2, 0.25) is 0 Å². The highest BCUT2D eigenvalue weighted by molar-refractivity contribution is 6.39. The lowest BCUT2D eigenvalue weighted by molar-refractivity contribution is -0.136. The maximum Gasteiger partial charge on any atom is 0.313 e. The third-order valence-electron chi connectivity index (χ3n) is 2.57. The molecular weight excluding hydrogens is 242 g/mol. The van der Waals surface area contributed by atoms with Gasteiger partial charge in [-0.05, 0) is 30.9 Å². The average molecular weight is 254 g/mol. The summed E-state index contributed by atoms with van der Waals surface area (Å²) in [7, 11) is 0. The largest absolute Gasteiger partial charge is 0.348 e. The molecule has 96 valence electrons. The standard InChI is InChI=1S/C12H12F2N2O2/c13-8-3-9(14)5-10(4-8)16-12(18)11(17)15-6-7-1-2-7/h3-5,7H,1-2,6H2,(H,15,17)(H,16,18). The topological polar surface area (TPSA) is 58.2 Å². The molecule has 0 aromatic heterocycles. The molecule has 0 saturated heterocycles. The number of benzene rings is 1. The van der Waals surface area contributed by atoms with Crippen LogP contribution in [0.5, 0.6) is 0 Å². The number of carbonyl (C=O) groups is 2. The summed E-state index contributed by atoms with van der Waals surface area (Å²) in [5.41, 5.74) is -0.0842. The van der Waals surface area contributed by atoms with Crippen LogP contribution in [0.25, 0.3) is 0 Å². The van der Waals surface area contributed by atoms with Crippen LogP contribution in [0.4, 0.5) is 14.5 Å². The summed E-state index contributed by atoms with van der Waals surface area (Å²) in [6, 6.07) is 2.56. The van der Waals surface area contributed by atoms with Gasteiger partial charge in [-0.25, -0.2) is 8.78 Å². The van der Waals surface area contributed by atoms with Crippen LogP contribution < -0.4 is 10.6 Å². The normalized spacial score (nSPS) is 14.1. The van der Waals surface area contributed by atoms with Crippen LogP contribution >= 0.6 is 0 Å². The molecule has 2 amide bonds. The van der Waals surface area contributed by atoms with Crippen molar-refractivity contribution in [2.45, 2.75) is 12.8 Å². The fraction of sp³-hybridized carbons (Fsp3) is 0.333. The monoisotopic (exact) mass is 254 g/mol. The number of hydrogen-bond acceptors (Lipinski definition) is 2. The molecule has 1 saturated carbocycles. The Morgan fingerprint density at radius 1 is 1.11 bits per heavy atom. The van der Waals surface area contributed by atoms with E-state index in [1.807, 2.05) is 0 Å². The summed E-state index contributed by atoms with van der Waals surface area (Å²) >= 11 is 0. The van der Waals surface area contributed by atoms with Crippen molar-refractivity contribution >= 4 is 17.5 Å². The van der Waals surface area contributed by atoms with Gasteiger partial charge in [-0.1, -0.05) is 0 Å². The highest BCUT2D eigenvalue weighted by atomic mass is 19.1. The molecule has 2 N–H and O–H groups in total. The molecule has 1 aromatic carbocycles. The van der Waals surface area contributed by atoms with Crippen LogP contribution in [0, 0.1) is 17.6 Å². The fourth-order valence-electron chi connectivity index (χ4n) is 1.45. The van der Waals surface area contributed by atoms with Crippen molar-refractivity contribution in [2.24, 2.45) is 5.92 Å². The van der Waals surface area contributed by atoms with E-state index in [1.165, 1.54) is 0 Å². The molecule has 0 heterocycles. The Balaban J connectivity index is 1.90. The Bertz CT molecular complexity index is 467. The third-order valence-corrected chi connectivity index (χ3v) is 2.57. The number of nitrogens with one attached hydrogen (secondary N) is 2. The van der Waals surface area contributed by atoms with Gasteiger partial charge in [0.05, 0.1) is 0 Å². The van der Waals surface area contributed by atoms with Gasteiger partial charge in [0, 0.05) is 18.3 Å². The Morgan fingerprint density at radius 2 is 1.72 bits per heavy atom. The number of anilines is 1. The van der Waals surface area contributed by atoms with E-state index in [9.17, 15) is 18.4 Å². The minimum atomic E-state index is -0.930. The first-order valence-electron chi connectivity index (χ1n) is 5.60. The zero-order valence-corrected chi connectivity index (χ0v) is 9.50. The first-order valence-corrected chi connectivity index (χ1v) is 5.60. The number of hydrogen-bond donors (Lipinski definition) is 2. The molecule has 0 spiro atoms. The SMILES string of the molecule is O=C(NCC1CC1)C(=O)Nc1cc(F)cc(F)c1. The van der Waals surface area contributed by atoms with Crippen LogP contribution in [0.3, 0.4) is 0 Å². The number of rotatable bonds is 3. The molecule has 6 heteroatoms. The lowest BCUT2D eigenvalue weighted by Gasteiger charge is -2.06. The maximum absolute atomic E-state index is 12.8. The van der Waals surface area contributed by atoms with Gasteiger partial charge in [-0.3, -0.25) is 9.59 Å². The van der Waals surface area contributed by atoms with Crippen LogP contribution in [0.15, 0.2) is 18.2 Å². The van der Waals surface area contributed by atoms with Crippen molar-refractivity contribution in [2.75, 3.05) is 11.9 Å². The Kier molecular flexibility index (Phi) is 3.55. The van der Waals surface area contributed by atoms with Crippen LogP contribution in [-0.4, -0.2) is 18.4 Å². The Hall–Kier alpha value is -1.98. The molecule has 0 atom stereocenters. The van der Waals surface area contributed by atoms with Crippen molar-refractivity contribution in [3.05, 3.63) is 29.8 Å². The molecule has 0 bridgehead atoms. The minimum Gasteiger partial charge on any atom is -0.348 e. The van der Waals surface area contributed by atoms with E-state index in [1.54, 1.807) is 0 Å². The smallest absolute Gasteiger partial charge is 0.313 e. The zero-order valence-electron chi connectivity index (χ0n) is 9.50. The third kappa shape index (κ3) is 3.51. The number of halogens is 2. The average Bonchev–Trinajstić information content (AvgIpc) is 3.07. The van der Waals surface area contributed by atoms with Crippen LogP contribution in [0.2, 0.25) is 0 Å². The predicted molar refractivity (Wildman–Crippen MR) is 60.7 cm³/mol. The van der Waals surface area contributed by atoms with Crippen LogP contribution in [-0.2, 0) is 9.59 Å². The molecule has 1 aliphatic carbocycles. The summed E-state index contributed by atoms with van der Waals surface area (Å²) in [5.74, 6) is -2.91. The van der Waals surface area contributed by atoms with Crippen LogP contribution in [0.1, 0.15) is 12.8 Å². The molecular formula is C12H12F2N2O2. The fourth-order valence-corrected chi connectivity index (χ4v) is 1.45. The van der Waals surface area contributed by atoms with Gasteiger partial charge >= 0.3 is 11.8 Å². The quantitative estimate of drug-likeness (QED) is 0.802. The molecule has 1 fully saturated rings. The van der Waals surface area contributed by atoms with E-state index in [-0.39, 0.29) is 5.69 Å². The van der Waals surface area contributed by atoms with E-state index < -0.39 is 23.4 Å². The molecule has 4 nitrogen and oxygen atoms in total. The van der Waals surface area contributed by atoms with Crippen molar-refractivity contribution in [3.63, 3.8) is 0 Å². The first-order chi connectivity index (χ1) is 8.54. The van der Waals surface area contributed by atoms with Gasteiger partial charge in [0.1, 0.15) is 11.6 Å². The summed E-state index contributed by atoms with van der Waals surface area (Å²) in [5, 5.41) is 4.59. The van der Waals surface area contributed by atoms with Gasteiger partial charge < -0.3 is 10.6 Å². The summed E-state index contributed by atoms with van der Waals surface area (Å²) in [4.78, 5) is 22.7. The lowest BCUT2D eigenvalue weighted by Crippen LogP contribution is -2.36. The Morgan fingerprint density at radius 3 is 2.28 bits per heavy atom.